The third kappa shape index (κ3) is 4.31. The predicted octanol–water partition coefficient (Wildman–Crippen LogP) is 3.75. The highest BCUT2D eigenvalue weighted by atomic mass is 15.1. The van der Waals surface area contributed by atoms with E-state index in [0.29, 0.717) is 0 Å². The second-order valence-corrected chi connectivity index (χ2v) is 3.33. The fourth-order valence-corrected chi connectivity index (χ4v) is 1.32. The Morgan fingerprint density at radius 1 is 1.21 bits per heavy atom. The molecule has 0 atom stereocenters. The third-order valence-corrected chi connectivity index (χ3v) is 2.42. The largest absolute Gasteiger partial charge is 0.378 e. The number of nitrogens with zero attached hydrogens (tertiary/aromatic N) is 1. The van der Waals surface area contributed by atoms with Gasteiger partial charge in [0.15, 0.2) is 0 Å². The molecule has 14 heavy (non-hydrogen) atoms. The first kappa shape index (κ1) is 13.0. The van der Waals surface area contributed by atoms with Crippen LogP contribution in [0.2, 0.25) is 0 Å². The Kier molecular flexibility index (Phi) is 6.91. The van der Waals surface area contributed by atoms with Crippen LogP contribution < -0.4 is 0 Å². The van der Waals surface area contributed by atoms with Gasteiger partial charge in [-0.2, -0.15) is 0 Å². The topological polar surface area (TPSA) is 3.24 Å². The number of allylic oxidation sites excluding steroid dienone is 5. The molecule has 0 aromatic carbocycles. The van der Waals surface area contributed by atoms with Crippen LogP contribution in [0.25, 0.3) is 0 Å². The van der Waals surface area contributed by atoms with Crippen LogP contribution >= 0.6 is 0 Å². The van der Waals surface area contributed by atoms with Crippen molar-refractivity contribution >= 4 is 0 Å². The van der Waals surface area contributed by atoms with Crippen LogP contribution in [0.1, 0.15) is 33.6 Å². The monoisotopic (exact) mass is 193 g/mol. The van der Waals surface area contributed by atoms with Gasteiger partial charge in [0.25, 0.3) is 0 Å². The lowest BCUT2D eigenvalue weighted by Gasteiger charge is -2.20. The van der Waals surface area contributed by atoms with E-state index < -0.39 is 0 Å². The molecule has 0 N–H and O–H groups in total. The summed E-state index contributed by atoms with van der Waals surface area (Å²) in [5.41, 5.74) is 2.74. The molecule has 1 nitrogen and oxygen atoms in total. The summed E-state index contributed by atoms with van der Waals surface area (Å²) >= 11 is 0. The van der Waals surface area contributed by atoms with Crippen LogP contribution in [0.5, 0.6) is 0 Å². The summed E-state index contributed by atoms with van der Waals surface area (Å²) in [5, 5.41) is 0. The quantitative estimate of drug-likeness (QED) is 0.581. The summed E-state index contributed by atoms with van der Waals surface area (Å²) in [5.74, 6) is 0. The van der Waals surface area contributed by atoms with Crippen molar-refractivity contribution in [3.63, 3.8) is 0 Å². The normalized spacial score (nSPS) is 12.9. The maximum absolute atomic E-state index is 3.73. The zero-order valence-corrected chi connectivity index (χ0v) is 10.0. The van der Waals surface area contributed by atoms with Crippen LogP contribution in [0, 0.1) is 0 Å². The highest BCUT2D eigenvalue weighted by molar-refractivity contribution is 5.25. The molecule has 0 saturated heterocycles. The molecule has 0 aliphatic carbocycles. The molecule has 1 heteroatoms. The van der Waals surface area contributed by atoms with Gasteiger partial charge in [-0.1, -0.05) is 32.6 Å². The second-order valence-electron chi connectivity index (χ2n) is 3.33. The number of rotatable bonds is 6. The molecule has 0 amide bonds. The van der Waals surface area contributed by atoms with E-state index in [1.807, 2.05) is 6.08 Å². The Hall–Kier alpha value is -0.980. The van der Waals surface area contributed by atoms with E-state index in [-0.39, 0.29) is 0 Å². The molecule has 0 aliphatic heterocycles. The van der Waals surface area contributed by atoms with Crippen LogP contribution in [0.3, 0.4) is 0 Å². The van der Waals surface area contributed by atoms with Crippen molar-refractivity contribution in [2.75, 3.05) is 13.6 Å². The summed E-state index contributed by atoms with van der Waals surface area (Å²) < 4.78 is 0. The van der Waals surface area contributed by atoms with E-state index >= 15 is 0 Å². The molecule has 80 valence electrons. The van der Waals surface area contributed by atoms with E-state index in [1.54, 1.807) is 0 Å². The minimum atomic E-state index is 1.06. The van der Waals surface area contributed by atoms with E-state index in [2.05, 4.69) is 51.4 Å². The van der Waals surface area contributed by atoms with E-state index in [9.17, 15) is 0 Å². The number of hydrogen-bond acceptors (Lipinski definition) is 1. The molecule has 0 bridgehead atoms. The van der Waals surface area contributed by atoms with Gasteiger partial charge in [-0.25, -0.2) is 0 Å². The minimum absolute atomic E-state index is 1.06. The molecule has 0 fully saturated rings. The smallest absolute Gasteiger partial charge is 0.0143 e. The lowest BCUT2D eigenvalue weighted by Crippen LogP contribution is -2.16. The van der Waals surface area contributed by atoms with Gasteiger partial charge in [-0.3, -0.25) is 0 Å². The first-order chi connectivity index (χ1) is 6.69. The predicted molar refractivity (Wildman–Crippen MR) is 65.2 cm³/mol. The Morgan fingerprint density at radius 2 is 1.86 bits per heavy atom. The van der Waals surface area contributed by atoms with Crippen LogP contribution in [0.4, 0.5) is 0 Å². The van der Waals surface area contributed by atoms with E-state index in [4.69, 9.17) is 0 Å². The Labute approximate surface area is 88.8 Å². The zero-order chi connectivity index (χ0) is 11.0. The highest BCUT2D eigenvalue weighted by Crippen LogP contribution is 2.12. The molecule has 0 saturated carbocycles. The van der Waals surface area contributed by atoms with Gasteiger partial charge in [0.1, 0.15) is 0 Å². The van der Waals surface area contributed by atoms with Crippen molar-refractivity contribution in [1.29, 1.82) is 0 Å². The lowest BCUT2D eigenvalue weighted by molar-refractivity contribution is 0.428. The zero-order valence-electron chi connectivity index (χ0n) is 10.0. The first-order valence-corrected chi connectivity index (χ1v) is 5.42. The van der Waals surface area contributed by atoms with Crippen molar-refractivity contribution < 1.29 is 0 Å². The molecule has 0 spiro atoms. The first-order valence-electron chi connectivity index (χ1n) is 5.42. The molecule has 0 aliphatic rings. The summed E-state index contributed by atoms with van der Waals surface area (Å²) in [6, 6.07) is 0. The Balaban J connectivity index is 4.71. The van der Waals surface area contributed by atoms with Gasteiger partial charge in [0, 0.05) is 19.3 Å². The van der Waals surface area contributed by atoms with E-state index in [1.165, 1.54) is 11.3 Å². The molecule has 0 rings (SSSR count). The molecule has 0 radical (unpaired) electrons. The highest BCUT2D eigenvalue weighted by Gasteiger charge is 1.99. The Bertz CT molecular complexity index is 223. The summed E-state index contributed by atoms with van der Waals surface area (Å²) in [7, 11) is 2.14. The van der Waals surface area contributed by atoms with Crippen LogP contribution in [-0.2, 0) is 0 Å². The molecular formula is C13H23N. The fraction of sp³-hybridized carbons (Fsp3) is 0.538. The van der Waals surface area contributed by atoms with Gasteiger partial charge in [0.05, 0.1) is 0 Å². The van der Waals surface area contributed by atoms with E-state index in [0.717, 1.165) is 19.4 Å². The lowest BCUT2D eigenvalue weighted by atomic mass is 10.1. The van der Waals surface area contributed by atoms with Crippen LogP contribution in [-0.4, -0.2) is 18.5 Å². The second kappa shape index (κ2) is 7.43. The number of hydrogen-bond donors (Lipinski definition) is 0. The minimum Gasteiger partial charge on any atom is -0.378 e. The van der Waals surface area contributed by atoms with Gasteiger partial charge in [-0.05, 0) is 31.4 Å². The third-order valence-electron chi connectivity index (χ3n) is 2.42. The van der Waals surface area contributed by atoms with Gasteiger partial charge in [0.2, 0.25) is 0 Å². The maximum Gasteiger partial charge on any atom is 0.0143 e. The van der Waals surface area contributed by atoms with Gasteiger partial charge in [-0.15, -0.1) is 0 Å². The summed E-state index contributed by atoms with van der Waals surface area (Å²) in [6.07, 6.45) is 8.35. The van der Waals surface area contributed by atoms with Crippen LogP contribution in [0.15, 0.2) is 36.1 Å². The SMILES string of the molecule is C=C/C=C(\C=C(\CC)N(C)CC)CC. The average Bonchev–Trinajstić information content (AvgIpc) is 2.23. The van der Waals surface area contributed by atoms with Gasteiger partial charge < -0.3 is 4.90 Å². The van der Waals surface area contributed by atoms with Crippen molar-refractivity contribution in [2.24, 2.45) is 0 Å². The average molecular weight is 193 g/mol. The molecule has 0 aromatic heterocycles. The molecule has 0 unspecified atom stereocenters. The van der Waals surface area contributed by atoms with Gasteiger partial charge >= 0.3 is 0 Å². The Morgan fingerprint density at radius 3 is 2.21 bits per heavy atom. The molecular weight excluding hydrogens is 170 g/mol. The molecule has 0 heterocycles. The fourth-order valence-electron chi connectivity index (χ4n) is 1.32. The summed E-state index contributed by atoms with van der Waals surface area (Å²) in [6.45, 7) is 11.3. The van der Waals surface area contributed by atoms with Crippen molar-refractivity contribution in [2.45, 2.75) is 33.6 Å². The molecule has 0 aromatic rings. The van der Waals surface area contributed by atoms with Crippen molar-refractivity contribution in [3.8, 4) is 0 Å². The standard InChI is InChI=1S/C13H23N/c1-6-10-12(7-2)11-13(8-3)14(5)9-4/h6,10-11H,1,7-9H2,2-5H3/b12-10-,13-11-. The van der Waals surface area contributed by atoms with Crippen molar-refractivity contribution in [1.82, 2.24) is 4.90 Å². The maximum atomic E-state index is 3.73. The summed E-state index contributed by atoms with van der Waals surface area (Å²) in [4.78, 5) is 2.28. The van der Waals surface area contributed by atoms with Crippen molar-refractivity contribution in [3.05, 3.63) is 36.1 Å².